The molecule has 1 heterocycles. The highest BCUT2D eigenvalue weighted by molar-refractivity contribution is 7.89. The van der Waals surface area contributed by atoms with E-state index in [0.717, 1.165) is 0 Å². The molecule has 30 heavy (non-hydrogen) atoms. The Kier molecular flexibility index (Phi) is 6.18. The molecule has 1 aromatic heterocycles. The average molecular weight is 432 g/mol. The number of phenols is 1. The first kappa shape index (κ1) is 21.5. The van der Waals surface area contributed by atoms with Gasteiger partial charge in [-0.15, -0.1) is 0 Å². The van der Waals surface area contributed by atoms with E-state index in [1.165, 1.54) is 52.8 Å². The Labute approximate surface area is 173 Å². The van der Waals surface area contributed by atoms with Gasteiger partial charge in [0.15, 0.2) is 0 Å². The van der Waals surface area contributed by atoms with E-state index < -0.39 is 15.9 Å². The molecule has 0 radical (unpaired) electrons. The average Bonchev–Trinajstić information content (AvgIpc) is 3.21. The van der Waals surface area contributed by atoms with Crippen molar-refractivity contribution >= 4 is 21.6 Å². The summed E-state index contributed by atoms with van der Waals surface area (Å²) in [5.41, 5.74) is 1.08. The van der Waals surface area contributed by atoms with Crippen LogP contribution in [0.25, 0.3) is 11.3 Å². The molecule has 0 fully saturated rings. The van der Waals surface area contributed by atoms with Gasteiger partial charge in [-0.2, -0.15) is 9.40 Å². The molecule has 0 unspecified atom stereocenters. The van der Waals surface area contributed by atoms with Crippen molar-refractivity contribution in [3.05, 3.63) is 60.0 Å². The van der Waals surface area contributed by atoms with Crippen molar-refractivity contribution in [2.75, 3.05) is 18.4 Å². The summed E-state index contributed by atoms with van der Waals surface area (Å²) in [6.07, 6.45) is 0. The number of halogens is 1. The van der Waals surface area contributed by atoms with Crippen LogP contribution in [0.3, 0.4) is 0 Å². The van der Waals surface area contributed by atoms with Crippen LogP contribution < -0.4 is 5.32 Å². The molecule has 0 aliphatic carbocycles. The van der Waals surface area contributed by atoms with Crippen LogP contribution in [0.4, 0.5) is 10.1 Å². The van der Waals surface area contributed by atoms with Crippen LogP contribution in [0.2, 0.25) is 0 Å². The molecule has 0 saturated heterocycles. The maximum absolute atomic E-state index is 13.1. The van der Waals surface area contributed by atoms with Crippen LogP contribution in [0.5, 0.6) is 5.75 Å². The summed E-state index contributed by atoms with van der Waals surface area (Å²) in [7, 11) is -3.76. The predicted molar refractivity (Wildman–Crippen MR) is 110 cm³/mol. The molecule has 3 rings (SSSR count). The van der Waals surface area contributed by atoms with E-state index in [4.69, 9.17) is 0 Å². The minimum Gasteiger partial charge on any atom is -0.506 e. The highest BCUT2D eigenvalue weighted by Crippen LogP contribution is 2.28. The maximum atomic E-state index is 13.1. The third kappa shape index (κ3) is 4.34. The molecular formula is C20H21FN4O4S. The Morgan fingerprint density at radius 2 is 1.80 bits per heavy atom. The third-order valence-corrected chi connectivity index (χ3v) is 6.57. The number of carbonyl (C=O) groups is 1. The standard InChI is InChI=1S/C20H21FN4O4S/c1-3-25(4-2)30(28,29)15-9-10-19(26)17(11-15)22-20(27)18-12-16(23-24-18)13-5-7-14(21)8-6-13/h5-12,26H,3-4H2,1-2H3,(H,22,27)(H,23,24). The largest absolute Gasteiger partial charge is 0.506 e. The third-order valence-electron chi connectivity index (χ3n) is 4.52. The first-order valence-electron chi connectivity index (χ1n) is 9.22. The van der Waals surface area contributed by atoms with E-state index in [1.807, 2.05) is 0 Å². The van der Waals surface area contributed by atoms with Crippen LogP contribution in [0, 0.1) is 5.82 Å². The lowest BCUT2D eigenvalue weighted by Crippen LogP contribution is -2.30. The fourth-order valence-corrected chi connectivity index (χ4v) is 4.37. The molecule has 0 spiro atoms. The van der Waals surface area contributed by atoms with Gasteiger partial charge in [-0.3, -0.25) is 9.89 Å². The zero-order valence-electron chi connectivity index (χ0n) is 16.4. The van der Waals surface area contributed by atoms with Crippen LogP contribution >= 0.6 is 0 Å². The van der Waals surface area contributed by atoms with Gasteiger partial charge in [0.05, 0.1) is 16.3 Å². The predicted octanol–water partition coefficient (Wildman–Crippen LogP) is 3.20. The van der Waals surface area contributed by atoms with Crippen molar-refractivity contribution in [2.24, 2.45) is 0 Å². The number of anilines is 1. The quantitative estimate of drug-likeness (QED) is 0.496. The van der Waals surface area contributed by atoms with Gasteiger partial charge in [-0.25, -0.2) is 12.8 Å². The van der Waals surface area contributed by atoms with Crippen LogP contribution in [-0.4, -0.2) is 47.0 Å². The number of hydrogen-bond acceptors (Lipinski definition) is 5. The smallest absolute Gasteiger partial charge is 0.273 e. The van der Waals surface area contributed by atoms with E-state index in [1.54, 1.807) is 13.8 Å². The normalized spacial score (nSPS) is 11.6. The topological polar surface area (TPSA) is 115 Å². The fourth-order valence-electron chi connectivity index (χ4n) is 2.88. The first-order valence-corrected chi connectivity index (χ1v) is 10.7. The summed E-state index contributed by atoms with van der Waals surface area (Å²) >= 11 is 0. The number of nitrogens with one attached hydrogen (secondary N) is 2. The molecule has 158 valence electrons. The number of H-pyrrole nitrogens is 1. The van der Waals surface area contributed by atoms with Crippen molar-refractivity contribution in [3.8, 4) is 17.0 Å². The summed E-state index contributed by atoms with van der Waals surface area (Å²) in [6, 6.07) is 10.8. The number of aromatic amines is 1. The van der Waals surface area contributed by atoms with Crippen molar-refractivity contribution in [2.45, 2.75) is 18.7 Å². The summed E-state index contributed by atoms with van der Waals surface area (Å²) in [5.74, 6) is -1.29. The molecule has 0 bridgehead atoms. The summed E-state index contributed by atoms with van der Waals surface area (Å²) < 4.78 is 39.7. The van der Waals surface area contributed by atoms with Gasteiger partial charge in [-0.1, -0.05) is 13.8 Å². The Bertz CT molecular complexity index is 1160. The molecule has 8 nitrogen and oxygen atoms in total. The zero-order valence-corrected chi connectivity index (χ0v) is 17.2. The van der Waals surface area contributed by atoms with E-state index >= 15 is 0 Å². The number of sulfonamides is 1. The van der Waals surface area contributed by atoms with Gasteiger partial charge >= 0.3 is 0 Å². The highest BCUT2D eigenvalue weighted by Gasteiger charge is 2.23. The molecule has 2 aromatic carbocycles. The van der Waals surface area contributed by atoms with Crippen molar-refractivity contribution in [3.63, 3.8) is 0 Å². The number of amides is 1. The number of hydrogen-bond donors (Lipinski definition) is 3. The lowest BCUT2D eigenvalue weighted by molar-refractivity contribution is 0.102. The second kappa shape index (κ2) is 8.64. The minimum absolute atomic E-state index is 0.0455. The Morgan fingerprint density at radius 3 is 2.43 bits per heavy atom. The fraction of sp³-hybridized carbons (Fsp3) is 0.200. The molecule has 3 N–H and O–H groups in total. The van der Waals surface area contributed by atoms with E-state index in [0.29, 0.717) is 24.3 Å². The molecule has 0 atom stereocenters. The molecule has 0 saturated carbocycles. The second-order valence-electron chi connectivity index (χ2n) is 6.40. The summed E-state index contributed by atoms with van der Waals surface area (Å²) in [6.45, 7) is 4.03. The first-order chi connectivity index (χ1) is 14.3. The van der Waals surface area contributed by atoms with Crippen molar-refractivity contribution in [1.29, 1.82) is 0 Å². The van der Waals surface area contributed by atoms with Gasteiger partial charge < -0.3 is 10.4 Å². The van der Waals surface area contributed by atoms with E-state index in [9.17, 15) is 22.7 Å². The van der Waals surface area contributed by atoms with Crippen LogP contribution in [0.15, 0.2) is 53.4 Å². The number of aromatic nitrogens is 2. The van der Waals surface area contributed by atoms with Gasteiger partial charge in [0, 0.05) is 18.7 Å². The molecule has 0 aliphatic rings. The molecule has 10 heteroatoms. The number of carbonyl (C=O) groups excluding carboxylic acids is 1. The minimum atomic E-state index is -3.76. The van der Waals surface area contributed by atoms with Gasteiger partial charge in [0.25, 0.3) is 5.91 Å². The maximum Gasteiger partial charge on any atom is 0.273 e. The van der Waals surface area contributed by atoms with Gasteiger partial charge in [-0.05, 0) is 48.5 Å². The molecule has 0 aliphatic heterocycles. The van der Waals surface area contributed by atoms with Crippen molar-refractivity contribution in [1.82, 2.24) is 14.5 Å². The lowest BCUT2D eigenvalue weighted by atomic mass is 10.1. The SMILES string of the molecule is CCN(CC)S(=O)(=O)c1ccc(O)c(NC(=O)c2cc(-c3ccc(F)cc3)n[nH]2)c1. The van der Waals surface area contributed by atoms with E-state index in [-0.39, 0.29) is 27.8 Å². The highest BCUT2D eigenvalue weighted by atomic mass is 32.2. The van der Waals surface area contributed by atoms with Gasteiger partial charge in [0.2, 0.25) is 10.0 Å². The molecule has 1 amide bonds. The monoisotopic (exact) mass is 432 g/mol. The zero-order chi connectivity index (χ0) is 21.9. The van der Waals surface area contributed by atoms with Crippen LogP contribution in [-0.2, 0) is 10.0 Å². The van der Waals surface area contributed by atoms with Crippen LogP contribution in [0.1, 0.15) is 24.3 Å². The summed E-state index contributed by atoms with van der Waals surface area (Å²) in [5, 5.41) is 19.2. The summed E-state index contributed by atoms with van der Waals surface area (Å²) in [4.78, 5) is 12.5. The lowest BCUT2D eigenvalue weighted by Gasteiger charge is -2.19. The molecular weight excluding hydrogens is 411 g/mol. The number of nitrogens with zero attached hydrogens (tertiary/aromatic N) is 2. The van der Waals surface area contributed by atoms with Gasteiger partial charge in [0.1, 0.15) is 17.3 Å². The van der Waals surface area contributed by atoms with E-state index in [2.05, 4.69) is 15.5 Å². The number of aromatic hydroxyl groups is 1. The Hall–Kier alpha value is -3.24. The Balaban J connectivity index is 1.84. The number of rotatable bonds is 7. The van der Waals surface area contributed by atoms with Crippen molar-refractivity contribution < 1.29 is 22.7 Å². The number of phenolic OH excluding ortho intramolecular Hbond substituents is 1. The molecule has 3 aromatic rings. The number of benzene rings is 2. The Morgan fingerprint density at radius 1 is 1.13 bits per heavy atom. The second-order valence-corrected chi connectivity index (χ2v) is 8.33.